The largest absolute Gasteiger partial charge is 0.490 e. The number of ether oxygens (including phenoxy) is 3. The van der Waals surface area contributed by atoms with E-state index in [2.05, 4.69) is 15.9 Å². The maximum absolute atomic E-state index is 5.78. The number of hydrogen-bond acceptors (Lipinski definition) is 4. The molecule has 0 heterocycles. The SMILES string of the molecule is CCOc1cc(CCN)cc(Br)c1OCCOC(C)C. The minimum atomic E-state index is 0.209. The van der Waals surface area contributed by atoms with E-state index in [1.54, 1.807) is 0 Å². The van der Waals surface area contributed by atoms with Crippen LogP contribution in [0.1, 0.15) is 26.3 Å². The molecule has 0 aliphatic rings. The van der Waals surface area contributed by atoms with Gasteiger partial charge in [-0.2, -0.15) is 0 Å². The van der Waals surface area contributed by atoms with Crippen molar-refractivity contribution < 1.29 is 14.2 Å². The summed E-state index contributed by atoms with van der Waals surface area (Å²) >= 11 is 3.53. The quantitative estimate of drug-likeness (QED) is 0.698. The first-order chi connectivity index (χ1) is 9.58. The summed E-state index contributed by atoms with van der Waals surface area (Å²) in [5, 5.41) is 0. The maximum atomic E-state index is 5.78. The van der Waals surface area contributed by atoms with Crippen LogP contribution in [0.2, 0.25) is 0 Å². The van der Waals surface area contributed by atoms with Gasteiger partial charge in [-0.25, -0.2) is 0 Å². The van der Waals surface area contributed by atoms with E-state index in [9.17, 15) is 0 Å². The zero-order valence-electron chi connectivity index (χ0n) is 12.4. The van der Waals surface area contributed by atoms with Crippen molar-refractivity contribution in [3.8, 4) is 11.5 Å². The molecule has 0 atom stereocenters. The molecule has 0 unspecified atom stereocenters. The Labute approximate surface area is 129 Å². The average Bonchev–Trinajstić information content (AvgIpc) is 2.37. The van der Waals surface area contributed by atoms with Gasteiger partial charge in [-0.05, 0) is 67.4 Å². The zero-order chi connectivity index (χ0) is 15.0. The Hall–Kier alpha value is -0.780. The van der Waals surface area contributed by atoms with Crippen LogP contribution >= 0.6 is 15.9 Å². The molecule has 0 aromatic heterocycles. The molecule has 4 nitrogen and oxygen atoms in total. The topological polar surface area (TPSA) is 53.7 Å². The van der Waals surface area contributed by atoms with Gasteiger partial charge in [0.25, 0.3) is 0 Å². The minimum Gasteiger partial charge on any atom is -0.490 e. The van der Waals surface area contributed by atoms with Gasteiger partial charge in [-0.1, -0.05) is 0 Å². The molecule has 0 fully saturated rings. The smallest absolute Gasteiger partial charge is 0.175 e. The first-order valence-corrected chi connectivity index (χ1v) is 7.77. The van der Waals surface area contributed by atoms with E-state index < -0.39 is 0 Å². The molecule has 0 bridgehead atoms. The standard InChI is InChI=1S/C15H24BrNO3/c1-4-18-14-10-12(5-6-17)9-13(16)15(14)20-8-7-19-11(2)3/h9-11H,4-8,17H2,1-3H3. The molecule has 20 heavy (non-hydrogen) atoms. The third kappa shape index (κ3) is 5.69. The highest BCUT2D eigenvalue weighted by molar-refractivity contribution is 9.10. The van der Waals surface area contributed by atoms with Gasteiger partial charge in [0.15, 0.2) is 11.5 Å². The van der Waals surface area contributed by atoms with Crippen LogP contribution < -0.4 is 15.2 Å². The van der Waals surface area contributed by atoms with Crippen LogP contribution in [0, 0.1) is 0 Å². The molecule has 0 saturated carbocycles. The molecule has 0 spiro atoms. The minimum absolute atomic E-state index is 0.209. The van der Waals surface area contributed by atoms with Crippen molar-refractivity contribution in [1.82, 2.24) is 0 Å². The summed E-state index contributed by atoms with van der Waals surface area (Å²) in [5.41, 5.74) is 6.73. The Morgan fingerprint density at radius 1 is 1.20 bits per heavy atom. The second-order valence-electron chi connectivity index (χ2n) is 4.64. The Kier molecular flexibility index (Phi) is 7.95. The number of nitrogens with two attached hydrogens (primary N) is 1. The van der Waals surface area contributed by atoms with Crippen molar-refractivity contribution in [2.24, 2.45) is 5.73 Å². The molecule has 2 N–H and O–H groups in total. The fourth-order valence-electron chi connectivity index (χ4n) is 1.76. The summed E-state index contributed by atoms with van der Waals surface area (Å²) in [5.74, 6) is 1.47. The molecular formula is C15H24BrNO3. The molecule has 114 valence electrons. The Balaban J connectivity index is 2.76. The van der Waals surface area contributed by atoms with E-state index in [0.29, 0.717) is 26.4 Å². The predicted octanol–water partition coefficient (Wildman–Crippen LogP) is 3.15. The lowest BCUT2D eigenvalue weighted by Crippen LogP contribution is -2.12. The van der Waals surface area contributed by atoms with Crippen LogP contribution in [0.5, 0.6) is 11.5 Å². The fourth-order valence-corrected chi connectivity index (χ4v) is 2.37. The molecule has 1 aromatic carbocycles. The average molecular weight is 346 g/mol. The van der Waals surface area contributed by atoms with Gasteiger partial charge < -0.3 is 19.9 Å². The van der Waals surface area contributed by atoms with E-state index >= 15 is 0 Å². The van der Waals surface area contributed by atoms with Crippen LogP contribution in [0.25, 0.3) is 0 Å². The molecule has 0 saturated heterocycles. The van der Waals surface area contributed by atoms with Crippen LogP contribution in [0.3, 0.4) is 0 Å². The summed E-state index contributed by atoms with van der Waals surface area (Å²) in [4.78, 5) is 0. The van der Waals surface area contributed by atoms with Gasteiger partial charge >= 0.3 is 0 Å². The lowest BCUT2D eigenvalue weighted by Gasteiger charge is -2.16. The Morgan fingerprint density at radius 3 is 2.55 bits per heavy atom. The van der Waals surface area contributed by atoms with Gasteiger partial charge in [0, 0.05) is 0 Å². The van der Waals surface area contributed by atoms with E-state index in [-0.39, 0.29) is 6.10 Å². The monoisotopic (exact) mass is 345 g/mol. The number of benzene rings is 1. The lowest BCUT2D eigenvalue weighted by molar-refractivity contribution is 0.0544. The van der Waals surface area contributed by atoms with Crippen molar-refractivity contribution >= 4 is 15.9 Å². The number of hydrogen-bond donors (Lipinski definition) is 1. The van der Waals surface area contributed by atoms with Crippen molar-refractivity contribution in [2.75, 3.05) is 26.4 Å². The number of halogens is 1. The molecule has 1 aromatic rings. The van der Waals surface area contributed by atoms with Crippen LogP contribution in [0.15, 0.2) is 16.6 Å². The first kappa shape index (κ1) is 17.3. The summed E-state index contributed by atoms with van der Waals surface area (Å²) in [7, 11) is 0. The van der Waals surface area contributed by atoms with E-state index in [4.69, 9.17) is 19.9 Å². The molecule has 5 heteroatoms. The maximum Gasteiger partial charge on any atom is 0.175 e. The number of rotatable bonds is 9. The van der Waals surface area contributed by atoms with Gasteiger partial charge in [-0.3, -0.25) is 0 Å². The van der Waals surface area contributed by atoms with E-state index in [1.165, 1.54) is 0 Å². The second kappa shape index (κ2) is 9.21. The first-order valence-electron chi connectivity index (χ1n) is 6.98. The summed E-state index contributed by atoms with van der Waals surface area (Å²) in [6.45, 7) is 8.21. The fraction of sp³-hybridized carbons (Fsp3) is 0.600. The summed E-state index contributed by atoms with van der Waals surface area (Å²) in [6, 6.07) is 4.01. The normalized spacial score (nSPS) is 10.9. The predicted molar refractivity (Wildman–Crippen MR) is 84.7 cm³/mol. The van der Waals surface area contributed by atoms with Crippen LogP contribution in [-0.2, 0) is 11.2 Å². The molecule has 0 aliphatic heterocycles. The Bertz CT molecular complexity index is 410. The van der Waals surface area contributed by atoms with Crippen LogP contribution in [0.4, 0.5) is 0 Å². The van der Waals surface area contributed by atoms with E-state index in [0.717, 1.165) is 28.0 Å². The van der Waals surface area contributed by atoms with Gasteiger partial charge in [0.1, 0.15) is 6.61 Å². The summed E-state index contributed by atoms with van der Waals surface area (Å²) < 4.78 is 17.8. The summed E-state index contributed by atoms with van der Waals surface area (Å²) in [6.07, 6.45) is 1.02. The molecule has 0 aliphatic carbocycles. The van der Waals surface area contributed by atoms with Crippen molar-refractivity contribution in [3.05, 3.63) is 22.2 Å². The van der Waals surface area contributed by atoms with Gasteiger partial charge in [0.05, 0.1) is 23.8 Å². The lowest BCUT2D eigenvalue weighted by atomic mass is 10.1. The van der Waals surface area contributed by atoms with Gasteiger partial charge in [0.2, 0.25) is 0 Å². The zero-order valence-corrected chi connectivity index (χ0v) is 14.0. The van der Waals surface area contributed by atoms with Crippen LogP contribution in [-0.4, -0.2) is 32.5 Å². The Morgan fingerprint density at radius 2 is 1.95 bits per heavy atom. The van der Waals surface area contributed by atoms with E-state index in [1.807, 2.05) is 32.9 Å². The highest BCUT2D eigenvalue weighted by atomic mass is 79.9. The molecule has 1 rings (SSSR count). The van der Waals surface area contributed by atoms with Gasteiger partial charge in [-0.15, -0.1) is 0 Å². The highest BCUT2D eigenvalue weighted by Crippen LogP contribution is 2.37. The highest BCUT2D eigenvalue weighted by Gasteiger charge is 2.12. The molecule has 0 amide bonds. The van der Waals surface area contributed by atoms with Crippen molar-refractivity contribution in [3.63, 3.8) is 0 Å². The van der Waals surface area contributed by atoms with Crippen molar-refractivity contribution in [1.29, 1.82) is 0 Å². The molecule has 0 radical (unpaired) electrons. The van der Waals surface area contributed by atoms with Crippen molar-refractivity contribution in [2.45, 2.75) is 33.3 Å². The third-order valence-electron chi connectivity index (χ3n) is 2.58. The third-order valence-corrected chi connectivity index (χ3v) is 3.17. The molecular weight excluding hydrogens is 322 g/mol. The second-order valence-corrected chi connectivity index (χ2v) is 5.50.